The first-order valence-electron chi connectivity index (χ1n) is 7.75. The number of nitrogens with zero attached hydrogens (tertiary/aromatic N) is 2. The lowest BCUT2D eigenvalue weighted by atomic mass is 9.82. The van der Waals surface area contributed by atoms with Crippen molar-refractivity contribution in [1.82, 2.24) is 15.3 Å². The van der Waals surface area contributed by atoms with Crippen LogP contribution in [0, 0.1) is 6.92 Å². The summed E-state index contributed by atoms with van der Waals surface area (Å²) in [6.45, 7) is 8.92. The maximum Gasteiger partial charge on any atom is 0.0656 e. The highest BCUT2D eigenvalue weighted by Gasteiger charge is 2.39. The van der Waals surface area contributed by atoms with Gasteiger partial charge in [-0.3, -0.25) is 21.2 Å². The van der Waals surface area contributed by atoms with Crippen LogP contribution in [-0.2, 0) is 0 Å². The first kappa shape index (κ1) is 15.4. The molecule has 1 aromatic heterocycles. The van der Waals surface area contributed by atoms with Gasteiger partial charge >= 0.3 is 0 Å². The number of nitrogens with one attached hydrogen (secondary N) is 1. The van der Waals surface area contributed by atoms with Crippen molar-refractivity contribution < 1.29 is 0 Å². The van der Waals surface area contributed by atoms with E-state index in [-0.39, 0.29) is 11.6 Å². The van der Waals surface area contributed by atoms with Crippen LogP contribution in [0.4, 0.5) is 0 Å². The normalized spacial score (nSPS) is 21.4. The molecule has 0 aromatic carbocycles. The highest BCUT2D eigenvalue weighted by atomic mass is 15.3. The largest absolute Gasteiger partial charge is 0.296 e. The predicted octanol–water partition coefficient (Wildman–Crippen LogP) is 2.55. The topological polar surface area (TPSA) is 54.2 Å². The number of hydrazine groups is 1. The van der Waals surface area contributed by atoms with Crippen LogP contribution in [-0.4, -0.2) is 28.5 Å². The first-order chi connectivity index (χ1) is 9.61. The third-order valence-electron chi connectivity index (χ3n) is 4.85. The highest BCUT2D eigenvalue weighted by molar-refractivity contribution is 5.21. The van der Waals surface area contributed by atoms with Gasteiger partial charge in [0.1, 0.15) is 0 Å². The van der Waals surface area contributed by atoms with Crippen molar-refractivity contribution in [3.63, 3.8) is 0 Å². The van der Waals surface area contributed by atoms with Crippen LogP contribution < -0.4 is 11.3 Å². The van der Waals surface area contributed by atoms with Gasteiger partial charge in [0.15, 0.2) is 0 Å². The zero-order valence-corrected chi connectivity index (χ0v) is 13.0. The van der Waals surface area contributed by atoms with Gasteiger partial charge in [0.2, 0.25) is 0 Å². The summed E-state index contributed by atoms with van der Waals surface area (Å²) in [5, 5.41) is 0. The molecule has 0 radical (unpaired) electrons. The molecule has 2 heterocycles. The maximum absolute atomic E-state index is 5.91. The van der Waals surface area contributed by atoms with E-state index in [0.29, 0.717) is 0 Å². The Bertz CT molecular complexity index is 411. The quantitative estimate of drug-likeness (QED) is 0.641. The number of hydrogen-bond acceptors (Lipinski definition) is 4. The summed E-state index contributed by atoms with van der Waals surface area (Å²) in [4.78, 5) is 7.02. The summed E-state index contributed by atoms with van der Waals surface area (Å²) in [6.07, 6.45) is 6.95. The second-order valence-electron chi connectivity index (χ2n) is 6.09. The molecule has 1 fully saturated rings. The number of hydrogen-bond donors (Lipinski definition) is 2. The van der Waals surface area contributed by atoms with Gasteiger partial charge in [-0.1, -0.05) is 19.4 Å². The fourth-order valence-corrected chi connectivity index (χ4v) is 3.30. The van der Waals surface area contributed by atoms with Crippen molar-refractivity contribution in [2.24, 2.45) is 5.84 Å². The number of nitrogens with two attached hydrogens (primary N) is 1. The van der Waals surface area contributed by atoms with E-state index in [2.05, 4.69) is 41.3 Å². The van der Waals surface area contributed by atoms with Gasteiger partial charge in [0, 0.05) is 17.4 Å². The minimum absolute atomic E-state index is 0.0338. The molecule has 0 aliphatic carbocycles. The van der Waals surface area contributed by atoms with Crippen LogP contribution in [0.25, 0.3) is 0 Å². The number of likely N-dealkylation sites (tertiary alicyclic amines) is 1. The summed E-state index contributed by atoms with van der Waals surface area (Å²) in [6, 6.07) is 4.31. The van der Waals surface area contributed by atoms with Crippen molar-refractivity contribution >= 4 is 0 Å². The third-order valence-corrected chi connectivity index (χ3v) is 4.85. The van der Waals surface area contributed by atoms with E-state index in [0.717, 1.165) is 12.1 Å². The fourth-order valence-electron chi connectivity index (χ4n) is 3.30. The average Bonchev–Trinajstić information content (AvgIpc) is 2.50. The Morgan fingerprint density at radius 2 is 2.05 bits per heavy atom. The molecule has 4 heteroatoms. The molecule has 2 unspecified atom stereocenters. The Morgan fingerprint density at radius 3 is 2.55 bits per heavy atom. The summed E-state index contributed by atoms with van der Waals surface area (Å²) in [7, 11) is 0. The Balaban J connectivity index is 2.27. The molecular weight excluding hydrogens is 248 g/mol. The van der Waals surface area contributed by atoms with Crippen LogP contribution in [0.3, 0.4) is 0 Å². The van der Waals surface area contributed by atoms with Crippen LogP contribution in [0.15, 0.2) is 18.3 Å². The second kappa shape index (κ2) is 6.66. The molecule has 1 aliphatic rings. The van der Waals surface area contributed by atoms with Crippen LogP contribution in [0.5, 0.6) is 0 Å². The van der Waals surface area contributed by atoms with Crippen LogP contribution in [0.1, 0.15) is 56.8 Å². The van der Waals surface area contributed by atoms with E-state index >= 15 is 0 Å². The van der Waals surface area contributed by atoms with Crippen molar-refractivity contribution in [2.45, 2.75) is 58.0 Å². The van der Waals surface area contributed by atoms with E-state index < -0.39 is 0 Å². The van der Waals surface area contributed by atoms with Gasteiger partial charge in [0.25, 0.3) is 0 Å². The standard InChI is InChI=1S/C16H28N4/c1-4-16(3,20-10-6-5-7-11-20)15(19-17)14-9-8-13(2)18-12-14/h8-9,12,15,19H,4-7,10-11,17H2,1-3H3. The minimum atomic E-state index is 0.0338. The molecule has 1 aromatic rings. The van der Waals surface area contributed by atoms with Crippen molar-refractivity contribution in [3.05, 3.63) is 29.6 Å². The SMILES string of the molecule is CCC(C)(C(NN)c1ccc(C)nc1)N1CCCCC1. The zero-order chi connectivity index (χ0) is 14.6. The number of aromatic nitrogens is 1. The molecule has 2 atom stereocenters. The van der Waals surface area contributed by atoms with E-state index in [4.69, 9.17) is 5.84 Å². The molecule has 112 valence electrons. The molecule has 20 heavy (non-hydrogen) atoms. The predicted molar refractivity (Wildman–Crippen MR) is 83.2 cm³/mol. The zero-order valence-electron chi connectivity index (χ0n) is 13.0. The van der Waals surface area contributed by atoms with Crippen molar-refractivity contribution in [2.75, 3.05) is 13.1 Å². The van der Waals surface area contributed by atoms with Crippen LogP contribution >= 0.6 is 0 Å². The van der Waals surface area contributed by atoms with E-state index in [1.165, 1.54) is 37.9 Å². The summed E-state index contributed by atoms with van der Waals surface area (Å²) in [5.74, 6) is 5.91. The van der Waals surface area contributed by atoms with E-state index in [9.17, 15) is 0 Å². The average molecular weight is 276 g/mol. The van der Waals surface area contributed by atoms with Crippen molar-refractivity contribution in [3.8, 4) is 0 Å². The molecule has 4 nitrogen and oxygen atoms in total. The molecule has 1 saturated heterocycles. The molecule has 2 rings (SSSR count). The van der Waals surface area contributed by atoms with Crippen LogP contribution in [0.2, 0.25) is 0 Å². The minimum Gasteiger partial charge on any atom is -0.296 e. The van der Waals surface area contributed by atoms with E-state index in [1.807, 2.05) is 13.1 Å². The number of aryl methyl sites for hydroxylation is 1. The van der Waals surface area contributed by atoms with Gasteiger partial charge < -0.3 is 0 Å². The molecule has 1 aliphatic heterocycles. The Labute approximate surface area is 122 Å². The van der Waals surface area contributed by atoms with Gasteiger partial charge in [-0.05, 0) is 57.8 Å². The molecule has 0 bridgehead atoms. The summed E-state index contributed by atoms with van der Waals surface area (Å²) >= 11 is 0. The summed E-state index contributed by atoms with van der Waals surface area (Å²) in [5.41, 5.74) is 5.30. The first-order valence-corrected chi connectivity index (χ1v) is 7.75. The Morgan fingerprint density at radius 1 is 1.35 bits per heavy atom. The molecule has 0 spiro atoms. The Hall–Kier alpha value is -0.970. The van der Waals surface area contributed by atoms with E-state index in [1.54, 1.807) is 0 Å². The van der Waals surface area contributed by atoms with Gasteiger partial charge in [-0.15, -0.1) is 0 Å². The van der Waals surface area contributed by atoms with Gasteiger partial charge in [-0.25, -0.2) is 0 Å². The fraction of sp³-hybridized carbons (Fsp3) is 0.688. The lowest BCUT2D eigenvalue weighted by Gasteiger charge is -2.47. The maximum atomic E-state index is 5.91. The lowest BCUT2D eigenvalue weighted by molar-refractivity contribution is 0.0423. The highest BCUT2D eigenvalue weighted by Crippen LogP contribution is 2.35. The number of rotatable bonds is 5. The number of piperidine rings is 1. The number of pyridine rings is 1. The second-order valence-corrected chi connectivity index (χ2v) is 6.09. The molecule has 3 N–H and O–H groups in total. The van der Waals surface area contributed by atoms with Gasteiger partial charge in [0.05, 0.1) is 6.04 Å². The smallest absolute Gasteiger partial charge is 0.0656 e. The molecule has 0 amide bonds. The monoisotopic (exact) mass is 276 g/mol. The third kappa shape index (κ3) is 3.03. The van der Waals surface area contributed by atoms with Crippen molar-refractivity contribution in [1.29, 1.82) is 0 Å². The Kier molecular flexibility index (Phi) is 5.13. The summed E-state index contributed by atoms with van der Waals surface area (Å²) < 4.78 is 0. The molecular formula is C16H28N4. The lowest BCUT2D eigenvalue weighted by Crippen LogP contribution is -2.57. The molecule has 0 saturated carbocycles. The van der Waals surface area contributed by atoms with Gasteiger partial charge in [-0.2, -0.15) is 0 Å².